The van der Waals surface area contributed by atoms with Crippen molar-refractivity contribution in [1.82, 2.24) is 14.7 Å². The molecule has 222 valence electrons. The van der Waals surface area contributed by atoms with E-state index in [0.717, 1.165) is 61.0 Å². The van der Waals surface area contributed by atoms with Crippen molar-refractivity contribution in [2.75, 3.05) is 31.5 Å². The molecule has 9 heteroatoms. The lowest BCUT2D eigenvalue weighted by Crippen LogP contribution is -2.50. The van der Waals surface area contributed by atoms with Gasteiger partial charge in [0.05, 0.1) is 5.25 Å². The van der Waals surface area contributed by atoms with E-state index in [1.165, 1.54) is 25.5 Å². The Balaban J connectivity index is 1.09. The maximum Gasteiger partial charge on any atom is 0.322 e. The number of amides is 4. The Morgan fingerprint density at radius 3 is 2.48 bits per heavy atom. The number of carbonyl (C=O) groups is 3. The van der Waals surface area contributed by atoms with Crippen molar-refractivity contribution in [3.8, 4) is 0 Å². The second-order valence-corrected chi connectivity index (χ2v) is 13.4. The number of likely N-dealkylation sites (tertiary alicyclic amines) is 1. The van der Waals surface area contributed by atoms with Gasteiger partial charge in [0.1, 0.15) is 5.37 Å². The van der Waals surface area contributed by atoms with Crippen molar-refractivity contribution in [3.05, 3.63) is 65.2 Å². The fraction of sp³-hybridized carbons (Fsp3) is 0.515. The molecule has 2 aromatic rings. The normalized spacial score (nSPS) is 23.9. The SMILES string of the molecule is N=Cc1ccccc1C1SC(CC(=O)N2CCC(N3CCc4ccccc4NC3=O)CC2)C(=O)N1CC1CCCCC1. The molecule has 2 atom stereocenters. The van der Waals surface area contributed by atoms with Crippen molar-refractivity contribution in [1.29, 1.82) is 5.41 Å². The van der Waals surface area contributed by atoms with Gasteiger partial charge in [-0.05, 0) is 60.8 Å². The number of anilines is 1. The number of hydrogen-bond donors (Lipinski definition) is 2. The number of carbonyl (C=O) groups excluding carboxylic acids is 3. The Bertz CT molecular complexity index is 1320. The van der Waals surface area contributed by atoms with Crippen molar-refractivity contribution in [2.45, 2.75) is 74.5 Å². The highest BCUT2D eigenvalue weighted by molar-refractivity contribution is 8.01. The summed E-state index contributed by atoms with van der Waals surface area (Å²) < 4.78 is 0. The molecule has 2 saturated heterocycles. The highest BCUT2D eigenvalue weighted by atomic mass is 32.2. The van der Waals surface area contributed by atoms with E-state index in [1.807, 2.05) is 57.2 Å². The van der Waals surface area contributed by atoms with E-state index >= 15 is 0 Å². The number of nitrogens with zero attached hydrogens (tertiary/aromatic N) is 3. The summed E-state index contributed by atoms with van der Waals surface area (Å²) in [6.07, 6.45) is 9.84. The van der Waals surface area contributed by atoms with E-state index in [9.17, 15) is 14.4 Å². The first-order valence-corrected chi connectivity index (χ1v) is 16.4. The van der Waals surface area contributed by atoms with E-state index in [0.29, 0.717) is 25.6 Å². The molecule has 2 N–H and O–H groups in total. The van der Waals surface area contributed by atoms with Crippen LogP contribution in [-0.2, 0) is 16.0 Å². The van der Waals surface area contributed by atoms with Gasteiger partial charge in [-0.2, -0.15) is 0 Å². The number of para-hydroxylation sites is 1. The first kappa shape index (κ1) is 28.8. The van der Waals surface area contributed by atoms with Gasteiger partial charge in [0.15, 0.2) is 0 Å². The summed E-state index contributed by atoms with van der Waals surface area (Å²) in [5.74, 6) is 0.570. The fourth-order valence-corrected chi connectivity index (χ4v) is 8.62. The minimum absolute atomic E-state index is 0.0191. The highest BCUT2D eigenvalue weighted by Gasteiger charge is 2.44. The summed E-state index contributed by atoms with van der Waals surface area (Å²) >= 11 is 1.57. The molecule has 3 aliphatic heterocycles. The van der Waals surface area contributed by atoms with Crippen LogP contribution in [0, 0.1) is 11.3 Å². The summed E-state index contributed by atoms with van der Waals surface area (Å²) in [6, 6.07) is 15.8. The predicted octanol–water partition coefficient (Wildman–Crippen LogP) is 5.68. The summed E-state index contributed by atoms with van der Waals surface area (Å²) in [4.78, 5) is 46.2. The third-order valence-corrected chi connectivity index (χ3v) is 11.0. The van der Waals surface area contributed by atoms with Crippen LogP contribution >= 0.6 is 11.8 Å². The van der Waals surface area contributed by atoms with Gasteiger partial charge in [-0.15, -0.1) is 11.8 Å². The quantitative estimate of drug-likeness (QED) is 0.408. The molecule has 6 rings (SSSR count). The number of nitrogens with one attached hydrogen (secondary N) is 2. The maximum absolute atomic E-state index is 13.8. The minimum atomic E-state index is -0.419. The van der Waals surface area contributed by atoms with Crippen LogP contribution in [-0.4, -0.2) is 76.2 Å². The van der Waals surface area contributed by atoms with Crippen LogP contribution in [0.1, 0.15) is 73.4 Å². The molecule has 0 radical (unpaired) electrons. The third-order valence-electron chi connectivity index (χ3n) is 9.49. The molecule has 3 fully saturated rings. The average Bonchev–Trinajstić information content (AvgIpc) is 3.21. The van der Waals surface area contributed by atoms with Gasteiger partial charge in [-0.3, -0.25) is 9.59 Å². The van der Waals surface area contributed by atoms with Crippen LogP contribution in [0.4, 0.5) is 10.5 Å². The largest absolute Gasteiger partial charge is 0.342 e. The van der Waals surface area contributed by atoms with Gasteiger partial charge < -0.3 is 25.4 Å². The summed E-state index contributed by atoms with van der Waals surface area (Å²) in [5, 5.41) is 10.4. The molecular weight excluding hydrogens is 546 g/mol. The molecule has 2 unspecified atom stereocenters. The van der Waals surface area contributed by atoms with Crippen LogP contribution in [0.3, 0.4) is 0 Å². The lowest BCUT2D eigenvalue weighted by atomic mass is 9.88. The molecule has 42 heavy (non-hydrogen) atoms. The molecule has 0 bridgehead atoms. The number of fused-ring (bicyclic) bond motifs is 1. The van der Waals surface area contributed by atoms with Gasteiger partial charge in [0, 0.05) is 50.5 Å². The van der Waals surface area contributed by atoms with Gasteiger partial charge in [-0.1, -0.05) is 61.7 Å². The van der Waals surface area contributed by atoms with Gasteiger partial charge in [0.25, 0.3) is 0 Å². The van der Waals surface area contributed by atoms with Crippen LogP contribution < -0.4 is 5.32 Å². The molecule has 0 aromatic heterocycles. The molecule has 2 aromatic carbocycles. The molecule has 3 heterocycles. The number of thioether (sulfide) groups is 1. The number of hydrogen-bond acceptors (Lipinski definition) is 5. The Hall–Kier alpha value is -3.33. The number of benzene rings is 2. The van der Waals surface area contributed by atoms with Crippen LogP contribution in [0.2, 0.25) is 0 Å². The second kappa shape index (κ2) is 12.9. The Kier molecular flexibility index (Phi) is 8.84. The lowest BCUT2D eigenvalue weighted by Gasteiger charge is -2.38. The van der Waals surface area contributed by atoms with Crippen LogP contribution in [0.5, 0.6) is 0 Å². The van der Waals surface area contributed by atoms with Crippen molar-refractivity contribution < 1.29 is 14.4 Å². The smallest absolute Gasteiger partial charge is 0.322 e. The lowest BCUT2D eigenvalue weighted by molar-refractivity contribution is -0.137. The first-order valence-electron chi connectivity index (χ1n) is 15.5. The molecule has 4 aliphatic rings. The van der Waals surface area contributed by atoms with E-state index in [2.05, 4.69) is 11.4 Å². The van der Waals surface area contributed by atoms with E-state index in [-0.39, 0.29) is 35.7 Å². The maximum atomic E-state index is 13.8. The molecule has 0 spiro atoms. The van der Waals surface area contributed by atoms with Gasteiger partial charge in [-0.25, -0.2) is 4.79 Å². The minimum Gasteiger partial charge on any atom is -0.342 e. The number of piperidine rings is 1. The number of urea groups is 1. The van der Waals surface area contributed by atoms with E-state index < -0.39 is 5.25 Å². The Morgan fingerprint density at radius 1 is 0.952 bits per heavy atom. The predicted molar refractivity (Wildman–Crippen MR) is 167 cm³/mol. The topological polar surface area (TPSA) is 96.8 Å². The summed E-state index contributed by atoms with van der Waals surface area (Å²) in [5.41, 5.74) is 3.84. The average molecular weight is 588 g/mol. The van der Waals surface area contributed by atoms with E-state index in [4.69, 9.17) is 5.41 Å². The highest BCUT2D eigenvalue weighted by Crippen LogP contribution is 2.46. The van der Waals surface area contributed by atoms with Crippen molar-refractivity contribution >= 4 is 41.5 Å². The number of rotatable bonds is 7. The Labute approximate surface area is 252 Å². The zero-order valence-corrected chi connectivity index (χ0v) is 25.0. The molecule has 1 aliphatic carbocycles. The summed E-state index contributed by atoms with van der Waals surface area (Å²) in [6.45, 7) is 2.58. The zero-order chi connectivity index (χ0) is 29.1. The Morgan fingerprint density at radius 2 is 1.69 bits per heavy atom. The van der Waals surface area contributed by atoms with Gasteiger partial charge in [0.2, 0.25) is 11.8 Å². The molecule has 8 nitrogen and oxygen atoms in total. The summed E-state index contributed by atoms with van der Waals surface area (Å²) in [7, 11) is 0. The van der Waals surface area contributed by atoms with Gasteiger partial charge >= 0.3 is 6.03 Å². The second-order valence-electron chi connectivity index (χ2n) is 12.1. The monoisotopic (exact) mass is 587 g/mol. The third kappa shape index (κ3) is 6.07. The zero-order valence-electron chi connectivity index (χ0n) is 24.2. The standard InChI is InChI=1S/C33H41N5O3S/c34-21-25-11-4-6-12-27(25)32-38(22-23-8-2-1-3-9-23)31(40)29(42-32)20-30(39)36-17-15-26(16-18-36)37-19-14-24-10-5-7-13-28(24)35-33(37)41/h4-7,10-13,21,23,26,29,32,34H,1-3,8-9,14-20,22H2,(H,35,41). The molecular formula is C33H41N5O3S. The molecule has 1 saturated carbocycles. The van der Waals surface area contributed by atoms with Crippen molar-refractivity contribution in [2.24, 2.45) is 5.92 Å². The van der Waals surface area contributed by atoms with Crippen LogP contribution in [0.25, 0.3) is 0 Å². The van der Waals surface area contributed by atoms with Crippen LogP contribution in [0.15, 0.2) is 48.5 Å². The fourth-order valence-electron chi connectivity index (χ4n) is 7.12. The molecule has 4 amide bonds. The first-order chi connectivity index (χ1) is 20.5. The van der Waals surface area contributed by atoms with Crippen molar-refractivity contribution in [3.63, 3.8) is 0 Å². The van der Waals surface area contributed by atoms with E-state index in [1.54, 1.807) is 11.8 Å².